The Morgan fingerprint density at radius 3 is 2.41 bits per heavy atom. The minimum absolute atomic E-state index is 0.402. The van der Waals surface area contributed by atoms with E-state index in [4.69, 9.17) is 24.2 Å². The molecule has 2 aliphatic rings. The largest absolute Gasteiger partial charge is 0.493 e. The number of nitrogens with zero attached hydrogens (tertiary/aromatic N) is 8. The fourth-order valence-corrected chi connectivity index (χ4v) is 7.32. The SMILES string of the molecule is COc1cc(-n2cnc(Nc3nc(N4CCC[C@H]4C)nc4sc(CN5CCN(c6ccccn6)CC5)cc34)c2)cc(OC)c1OC. The summed E-state index contributed by atoms with van der Waals surface area (Å²) in [4.78, 5) is 28.8. The van der Waals surface area contributed by atoms with Crippen molar-refractivity contribution in [2.75, 3.05) is 69.2 Å². The Hall–Kier alpha value is -4.62. The minimum atomic E-state index is 0.402. The van der Waals surface area contributed by atoms with Crippen LogP contribution in [0, 0.1) is 0 Å². The first kappa shape index (κ1) is 30.1. The van der Waals surface area contributed by atoms with Gasteiger partial charge >= 0.3 is 0 Å². The van der Waals surface area contributed by atoms with Crippen LogP contribution < -0.4 is 29.3 Å². The summed E-state index contributed by atoms with van der Waals surface area (Å²) in [5.41, 5.74) is 0.829. The van der Waals surface area contributed by atoms with Gasteiger partial charge in [0, 0.05) is 68.5 Å². The van der Waals surface area contributed by atoms with Gasteiger partial charge in [0.1, 0.15) is 28.6 Å². The van der Waals surface area contributed by atoms with Gasteiger partial charge in [-0.15, -0.1) is 11.3 Å². The second-order valence-corrected chi connectivity index (χ2v) is 12.7. The summed E-state index contributed by atoms with van der Waals surface area (Å²) in [5.74, 6) is 4.94. The van der Waals surface area contributed by atoms with Gasteiger partial charge in [0.15, 0.2) is 11.5 Å². The summed E-state index contributed by atoms with van der Waals surface area (Å²) in [6, 6.07) is 12.5. The summed E-state index contributed by atoms with van der Waals surface area (Å²) in [6.45, 7) is 7.97. The Balaban J connectivity index is 1.15. The Bertz CT molecular complexity index is 1780. The number of piperazine rings is 1. The topological polar surface area (TPSA) is 106 Å². The zero-order chi connectivity index (χ0) is 31.6. The second-order valence-electron chi connectivity index (χ2n) is 11.6. The Morgan fingerprint density at radius 1 is 0.935 bits per heavy atom. The summed E-state index contributed by atoms with van der Waals surface area (Å²) >= 11 is 1.75. The number of hydrogen-bond donors (Lipinski definition) is 1. The summed E-state index contributed by atoms with van der Waals surface area (Å²) in [6.07, 6.45) is 7.84. The maximum absolute atomic E-state index is 5.56. The molecule has 1 aromatic carbocycles. The monoisotopic (exact) mass is 641 g/mol. The van der Waals surface area contributed by atoms with Crippen LogP contribution in [-0.2, 0) is 6.54 Å². The maximum Gasteiger partial charge on any atom is 0.228 e. The first-order valence-electron chi connectivity index (χ1n) is 15.6. The standard InChI is InChI=1S/C33H39N9O3S/c1-22-8-7-11-42(22)33-37-31(36-28-20-41(21-35-28)23-16-26(43-2)30(45-4)27(17-23)44-3)25-18-24(46-32(25)38-33)19-39-12-14-40(15-13-39)29-9-5-6-10-34-29/h5-6,9-10,16-18,20-22H,7-8,11-15,19H2,1-4H3,(H,36,37,38)/t22-/m1/s1. The molecule has 5 aromatic rings. The molecule has 7 rings (SSSR count). The van der Waals surface area contributed by atoms with Gasteiger partial charge in [-0.1, -0.05) is 6.07 Å². The van der Waals surface area contributed by atoms with Gasteiger partial charge in [0.25, 0.3) is 0 Å². The van der Waals surface area contributed by atoms with Crippen molar-refractivity contribution in [2.24, 2.45) is 0 Å². The van der Waals surface area contributed by atoms with Gasteiger partial charge in [-0.2, -0.15) is 4.98 Å². The van der Waals surface area contributed by atoms with Crippen LogP contribution in [0.15, 0.2) is 55.1 Å². The number of aromatic nitrogens is 5. The molecular weight excluding hydrogens is 602 g/mol. The normalized spacial score (nSPS) is 17.1. The lowest BCUT2D eigenvalue weighted by Crippen LogP contribution is -2.46. The number of thiophene rings is 1. The van der Waals surface area contributed by atoms with Crippen LogP contribution >= 0.6 is 11.3 Å². The van der Waals surface area contributed by atoms with E-state index in [-0.39, 0.29) is 0 Å². The highest BCUT2D eigenvalue weighted by Gasteiger charge is 2.26. The molecule has 1 atom stereocenters. The zero-order valence-electron chi connectivity index (χ0n) is 26.6. The predicted octanol–water partition coefficient (Wildman–Crippen LogP) is 5.35. The number of hydrogen-bond acceptors (Lipinski definition) is 12. The van der Waals surface area contributed by atoms with Gasteiger partial charge in [-0.3, -0.25) is 4.90 Å². The van der Waals surface area contributed by atoms with Gasteiger partial charge < -0.3 is 33.9 Å². The van der Waals surface area contributed by atoms with E-state index in [2.05, 4.69) is 49.0 Å². The van der Waals surface area contributed by atoms with Crippen molar-refractivity contribution in [3.05, 3.63) is 60.0 Å². The molecule has 12 nitrogen and oxygen atoms in total. The van der Waals surface area contributed by atoms with Crippen LogP contribution in [0.1, 0.15) is 24.6 Å². The number of benzene rings is 1. The van der Waals surface area contributed by atoms with Crippen molar-refractivity contribution in [1.82, 2.24) is 29.4 Å². The molecule has 2 fully saturated rings. The first-order chi connectivity index (χ1) is 22.5. The lowest BCUT2D eigenvalue weighted by molar-refractivity contribution is 0.251. The molecule has 0 unspecified atom stereocenters. The number of methoxy groups -OCH3 is 3. The maximum atomic E-state index is 5.56. The average molecular weight is 642 g/mol. The first-order valence-corrected chi connectivity index (χ1v) is 16.4. The number of ether oxygens (including phenoxy) is 3. The summed E-state index contributed by atoms with van der Waals surface area (Å²) in [5, 5.41) is 4.52. The van der Waals surface area contributed by atoms with Crippen molar-refractivity contribution in [3.63, 3.8) is 0 Å². The lowest BCUT2D eigenvalue weighted by Gasteiger charge is -2.35. The summed E-state index contributed by atoms with van der Waals surface area (Å²) < 4.78 is 18.5. The van der Waals surface area contributed by atoms with E-state index in [0.29, 0.717) is 29.1 Å². The van der Waals surface area contributed by atoms with E-state index in [9.17, 15) is 0 Å². The molecule has 6 heterocycles. The highest BCUT2D eigenvalue weighted by molar-refractivity contribution is 7.18. The smallest absolute Gasteiger partial charge is 0.228 e. The number of fused-ring (bicyclic) bond motifs is 1. The molecule has 0 bridgehead atoms. The van der Waals surface area contributed by atoms with Gasteiger partial charge in [0.05, 0.1) is 38.6 Å². The second kappa shape index (κ2) is 13.0. The number of pyridine rings is 1. The number of anilines is 4. The van der Waals surface area contributed by atoms with Crippen LogP contribution in [0.4, 0.5) is 23.4 Å². The molecule has 2 saturated heterocycles. The van der Waals surface area contributed by atoms with Crippen molar-refractivity contribution >= 4 is 45.0 Å². The molecule has 1 N–H and O–H groups in total. The molecule has 0 saturated carbocycles. The molecule has 240 valence electrons. The third-order valence-electron chi connectivity index (χ3n) is 8.74. The summed E-state index contributed by atoms with van der Waals surface area (Å²) in [7, 11) is 4.81. The Labute approximate surface area is 272 Å². The highest BCUT2D eigenvalue weighted by Crippen LogP contribution is 2.40. The molecule has 0 spiro atoms. The Morgan fingerprint density at radius 2 is 1.74 bits per heavy atom. The molecular formula is C33H39N9O3S. The van der Waals surface area contributed by atoms with E-state index >= 15 is 0 Å². The third kappa shape index (κ3) is 5.99. The quantitative estimate of drug-likeness (QED) is 0.213. The van der Waals surface area contributed by atoms with E-state index in [1.54, 1.807) is 39.0 Å². The Kier molecular flexibility index (Phi) is 8.50. The van der Waals surface area contributed by atoms with Gasteiger partial charge in [-0.25, -0.2) is 15.0 Å². The molecule has 13 heteroatoms. The van der Waals surface area contributed by atoms with Crippen LogP contribution in [-0.4, -0.2) is 89.5 Å². The zero-order valence-corrected chi connectivity index (χ0v) is 27.5. The van der Waals surface area contributed by atoms with Crippen LogP contribution in [0.25, 0.3) is 15.9 Å². The average Bonchev–Trinajstić information content (AvgIpc) is 3.84. The molecule has 2 aliphatic heterocycles. The highest BCUT2D eigenvalue weighted by atomic mass is 32.1. The van der Waals surface area contributed by atoms with Crippen molar-refractivity contribution in [2.45, 2.75) is 32.4 Å². The van der Waals surface area contributed by atoms with Crippen LogP contribution in [0.5, 0.6) is 17.2 Å². The molecule has 0 amide bonds. The lowest BCUT2D eigenvalue weighted by atomic mass is 10.2. The van der Waals surface area contributed by atoms with E-state index < -0.39 is 0 Å². The number of imidazole rings is 1. The van der Waals surface area contributed by atoms with Crippen LogP contribution in [0.3, 0.4) is 0 Å². The van der Waals surface area contributed by atoms with E-state index in [1.807, 2.05) is 41.2 Å². The fourth-order valence-electron chi connectivity index (χ4n) is 6.25. The third-order valence-corrected chi connectivity index (χ3v) is 9.76. The number of rotatable bonds is 10. The van der Waals surface area contributed by atoms with Crippen molar-refractivity contribution in [3.8, 4) is 22.9 Å². The van der Waals surface area contributed by atoms with Gasteiger partial charge in [-0.05, 0) is 38.0 Å². The van der Waals surface area contributed by atoms with Crippen molar-refractivity contribution in [1.29, 1.82) is 0 Å². The minimum Gasteiger partial charge on any atom is -0.493 e. The van der Waals surface area contributed by atoms with Gasteiger partial charge in [0.2, 0.25) is 11.7 Å². The fraction of sp³-hybridized carbons (Fsp3) is 0.394. The molecule has 4 aromatic heterocycles. The predicted molar refractivity (Wildman–Crippen MR) is 182 cm³/mol. The van der Waals surface area contributed by atoms with E-state index in [1.165, 1.54) is 4.88 Å². The van der Waals surface area contributed by atoms with Crippen molar-refractivity contribution < 1.29 is 14.2 Å². The molecule has 0 radical (unpaired) electrons. The van der Waals surface area contributed by atoms with E-state index in [0.717, 1.165) is 85.6 Å². The molecule has 46 heavy (non-hydrogen) atoms. The molecule has 0 aliphatic carbocycles. The number of nitrogens with one attached hydrogen (secondary N) is 1. The van der Waals surface area contributed by atoms with Crippen LogP contribution in [0.2, 0.25) is 0 Å².